The average molecular weight is 860 g/mol. The van der Waals surface area contributed by atoms with E-state index >= 15 is 0 Å². The molecule has 0 amide bonds. The maximum atomic E-state index is 8.84. The largest absolute Gasteiger partial charge is 0.487 e. The van der Waals surface area contributed by atoms with Crippen LogP contribution in [0.25, 0.3) is 61.4 Å². The number of nitrogens with zero attached hydrogens (tertiary/aromatic N) is 5. The molecule has 7 heteroatoms. The van der Waals surface area contributed by atoms with Crippen molar-refractivity contribution in [1.29, 1.82) is 0 Å². The summed E-state index contributed by atoms with van der Waals surface area (Å²) in [5.41, 5.74) is 3.30. The van der Waals surface area contributed by atoms with Gasteiger partial charge in [-0.25, -0.2) is 14.4 Å². The van der Waals surface area contributed by atoms with Gasteiger partial charge in [0.15, 0.2) is 0 Å². The second kappa shape index (κ2) is 14.1. The van der Waals surface area contributed by atoms with Crippen molar-refractivity contribution < 1.29 is 38.2 Å². The molecule has 5 aromatic heterocycles. The maximum absolute atomic E-state index is 8.84. The van der Waals surface area contributed by atoms with Gasteiger partial charge in [-0.05, 0) is 71.9 Å². The number of aryl methyl sites for hydroxylation is 2. The van der Waals surface area contributed by atoms with Crippen LogP contribution in [0.3, 0.4) is 0 Å². The van der Waals surface area contributed by atoms with Crippen LogP contribution in [0.5, 0.6) is 0 Å². The second-order valence-electron chi connectivity index (χ2n) is 14.2. The molecule has 0 spiro atoms. The van der Waals surface area contributed by atoms with Crippen LogP contribution in [0.4, 0.5) is 0 Å². The van der Waals surface area contributed by atoms with Crippen LogP contribution in [0.2, 0.25) is 0 Å². The average Bonchev–Trinajstić information content (AvgIpc) is 3.75. The first-order valence-corrected chi connectivity index (χ1v) is 16.3. The Kier molecular flexibility index (Phi) is 7.00. The Morgan fingerprint density at radius 1 is 0.745 bits per heavy atom. The number of imidazole rings is 1. The molecule has 0 atom stereocenters. The van der Waals surface area contributed by atoms with Gasteiger partial charge in [0.25, 0.3) is 0 Å². The SMILES string of the molecule is [2H]C([2H])([2H])c1cnc(-c2[c-]ccc3c2oc2c3cnc3nc4ccccc4n32)cc1C([2H])([2H])C(C)(C)C.[2H]C([2H])([2H])c1cnc(-c2[c-]cccc2)cc1C([2H])([2H])C(C)(C)C.[Ir]. The standard InChI is InChI=1S/C27H23N4O.C17H20N.Ir/c1-16-14-28-22(12-17(16)13-27(2,3)4)19-9-7-8-18-20-15-29-26-30-21-10-5-6-11-23(21)31(26)25(20)32-24(18)19;1-13-12-18-16(14-8-6-5-7-9-14)10-15(13)11-17(2,3)4;/h5-8,10-12,14-15H,13H2,1-4H3;5-8,10,12H,11H2,1-4H3;/q2*-1;/i1D3,13D2;1D3,11D2;. The molecule has 51 heavy (non-hydrogen) atoms. The van der Waals surface area contributed by atoms with Crippen molar-refractivity contribution in [3.63, 3.8) is 0 Å². The minimum Gasteiger partial charge on any atom is -0.487 e. The summed E-state index contributed by atoms with van der Waals surface area (Å²) in [5, 5.41) is 1.57. The molecule has 0 fully saturated rings. The van der Waals surface area contributed by atoms with Crippen LogP contribution in [-0.4, -0.2) is 24.3 Å². The van der Waals surface area contributed by atoms with E-state index in [0.717, 1.165) is 21.8 Å². The van der Waals surface area contributed by atoms with Crippen LogP contribution in [0, 0.1) is 36.7 Å². The molecule has 3 aromatic carbocycles. The smallest absolute Gasteiger partial charge is 0.237 e. The van der Waals surface area contributed by atoms with Crippen LogP contribution in [-0.2, 0) is 32.9 Å². The molecule has 261 valence electrons. The number of benzene rings is 3. The zero-order valence-corrected chi connectivity index (χ0v) is 31.5. The van der Waals surface area contributed by atoms with E-state index in [1.54, 1.807) is 65.9 Å². The van der Waals surface area contributed by atoms with Crippen molar-refractivity contribution in [2.24, 2.45) is 10.8 Å². The molecule has 5 heterocycles. The number of furan rings is 1. The Morgan fingerprint density at radius 2 is 1.41 bits per heavy atom. The van der Waals surface area contributed by atoms with Gasteiger partial charge < -0.3 is 14.4 Å². The van der Waals surface area contributed by atoms with Gasteiger partial charge in [-0.2, -0.15) is 0 Å². The van der Waals surface area contributed by atoms with Crippen LogP contribution in [0.1, 0.15) is 77.5 Å². The minimum absolute atomic E-state index is 0. The fraction of sp³-hybridized carbons (Fsp3) is 0.273. The number of aromatic nitrogens is 5. The van der Waals surface area contributed by atoms with Crippen molar-refractivity contribution in [2.45, 2.75) is 68.0 Å². The van der Waals surface area contributed by atoms with Gasteiger partial charge in [0.1, 0.15) is 0 Å². The summed E-state index contributed by atoms with van der Waals surface area (Å²) in [6.07, 6.45) is 0.480. The number of hydrogen-bond acceptors (Lipinski definition) is 5. The molecule has 0 N–H and O–H groups in total. The number of pyridine rings is 2. The van der Waals surface area contributed by atoms with E-state index in [9.17, 15) is 0 Å². The molecule has 0 saturated heterocycles. The molecule has 8 rings (SSSR count). The van der Waals surface area contributed by atoms with Crippen molar-refractivity contribution >= 4 is 38.9 Å². The van der Waals surface area contributed by atoms with Crippen molar-refractivity contribution in [1.82, 2.24) is 24.3 Å². The van der Waals surface area contributed by atoms with Gasteiger partial charge in [-0.15, -0.1) is 54.1 Å². The summed E-state index contributed by atoms with van der Waals surface area (Å²) in [5.74, 6) is 0.513. The first-order valence-electron chi connectivity index (χ1n) is 21.3. The molecule has 0 bridgehead atoms. The fourth-order valence-corrected chi connectivity index (χ4v) is 5.73. The van der Waals surface area contributed by atoms with Gasteiger partial charge in [-0.3, -0.25) is 0 Å². The van der Waals surface area contributed by atoms with Gasteiger partial charge >= 0.3 is 0 Å². The fourth-order valence-electron chi connectivity index (χ4n) is 5.73. The van der Waals surface area contributed by atoms with Gasteiger partial charge in [-0.1, -0.05) is 87.9 Å². The summed E-state index contributed by atoms with van der Waals surface area (Å²) in [6, 6.07) is 27.8. The van der Waals surface area contributed by atoms with Crippen LogP contribution >= 0.6 is 0 Å². The van der Waals surface area contributed by atoms with E-state index in [1.165, 1.54) is 18.5 Å². The number of rotatable bonds is 4. The Bertz CT molecular complexity index is 2890. The first-order chi connectivity index (χ1) is 27.8. The number of hydrogen-bond donors (Lipinski definition) is 0. The van der Waals surface area contributed by atoms with E-state index in [4.69, 9.17) is 18.1 Å². The summed E-state index contributed by atoms with van der Waals surface area (Å²) in [4.78, 5) is 17.8. The zero-order chi connectivity index (χ0) is 43.8. The molecule has 0 aliphatic heterocycles. The van der Waals surface area contributed by atoms with Crippen molar-refractivity contribution in [3.05, 3.63) is 126 Å². The quantitative estimate of drug-likeness (QED) is 0.165. The normalized spacial score (nSPS) is 15.9. The Morgan fingerprint density at radius 3 is 2.08 bits per heavy atom. The van der Waals surface area contributed by atoms with E-state index in [-0.39, 0.29) is 42.4 Å². The summed E-state index contributed by atoms with van der Waals surface area (Å²) < 4.78 is 90.0. The monoisotopic (exact) mass is 860 g/mol. The van der Waals surface area contributed by atoms with E-state index in [0.29, 0.717) is 39.6 Å². The number of para-hydroxylation sites is 2. The summed E-state index contributed by atoms with van der Waals surface area (Å²) >= 11 is 0. The molecule has 0 aliphatic rings. The van der Waals surface area contributed by atoms with Gasteiger partial charge in [0.2, 0.25) is 11.5 Å². The number of fused-ring (bicyclic) bond motifs is 7. The minimum atomic E-state index is -2.52. The third kappa shape index (κ3) is 7.66. The van der Waals surface area contributed by atoms with Crippen molar-refractivity contribution in [2.75, 3.05) is 0 Å². The second-order valence-corrected chi connectivity index (χ2v) is 14.2. The molecule has 0 unspecified atom stereocenters. The summed E-state index contributed by atoms with van der Waals surface area (Å²) in [6.45, 7) is 5.57. The molecule has 0 saturated carbocycles. The van der Waals surface area contributed by atoms with E-state index < -0.39 is 37.3 Å². The van der Waals surface area contributed by atoms with Crippen LogP contribution in [0.15, 0.2) is 95.8 Å². The Labute approximate surface area is 327 Å². The maximum Gasteiger partial charge on any atom is 0.237 e. The first kappa shape index (κ1) is 25.3. The predicted molar refractivity (Wildman–Crippen MR) is 204 cm³/mol. The molecule has 6 nitrogen and oxygen atoms in total. The third-order valence-electron chi connectivity index (χ3n) is 7.79. The Balaban J connectivity index is 0.000000225. The summed E-state index contributed by atoms with van der Waals surface area (Å²) in [7, 11) is 0. The molecule has 1 radical (unpaired) electrons. The predicted octanol–water partition coefficient (Wildman–Crippen LogP) is 11.0. The molecule has 0 aliphatic carbocycles. The van der Waals surface area contributed by atoms with Crippen LogP contribution < -0.4 is 0 Å². The third-order valence-corrected chi connectivity index (χ3v) is 7.79. The topological polar surface area (TPSA) is 69.1 Å². The van der Waals surface area contributed by atoms with Crippen molar-refractivity contribution in [3.8, 4) is 22.5 Å². The van der Waals surface area contributed by atoms with E-state index in [1.807, 2.05) is 52.9 Å². The zero-order valence-electron chi connectivity index (χ0n) is 39.1. The molecular formula is C44H43IrN5O-2. The van der Waals surface area contributed by atoms with E-state index in [2.05, 4.69) is 32.1 Å². The Hall–Kier alpha value is -4.71. The molecule has 8 aromatic rings. The van der Waals surface area contributed by atoms with Gasteiger partial charge in [0, 0.05) is 57.8 Å². The van der Waals surface area contributed by atoms with Gasteiger partial charge in [0.05, 0.1) is 16.6 Å². The molecular weight excluding hydrogens is 807 g/mol.